The van der Waals surface area contributed by atoms with E-state index in [0.717, 1.165) is 44.9 Å². The van der Waals surface area contributed by atoms with Gasteiger partial charge in [0.15, 0.2) is 15.8 Å². The first kappa shape index (κ1) is 22.1. The van der Waals surface area contributed by atoms with Crippen molar-refractivity contribution in [2.45, 2.75) is 43.8 Å². The van der Waals surface area contributed by atoms with Crippen LogP contribution in [-0.2, 0) is 21.0 Å². The van der Waals surface area contributed by atoms with Gasteiger partial charge in [0.1, 0.15) is 0 Å². The van der Waals surface area contributed by atoms with Crippen molar-refractivity contribution in [3.8, 4) is 0 Å². The number of benzene rings is 1. The Hall–Kier alpha value is -1.60. The van der Waals surface area contributed by atoms with E-state index < -0.39 is 14.6 Å². The molecule has 2 aliphatic rings. The third-order valence-electron chi connectivity index (χ3n) is 6.32. The van der Waals surface area contributed by atoms with Crippen LogP contribution in [0, 0.1) is 5.92 Å². The van der Waals surface area contributed by atoms with Crippen LogP contribution >= 0.6 is 0 Å². The number of nitrogens with zero attached hydrogens (tertiary/aromatic N) is 2. The second-order valence-corrected chi connectivity index (χ2v) is 10.8. The molecule has 0 aromatic heterocycles. The Morgan fingerprint density at radius 3 is 2.45 bits per heavy atom. The van der Waals surface area contributed by atoms with Crippen LogP contribution in [0.15, 0.2) is 35.3 Å². The molecular weight excluding hydrogens is 386 g/mol. The second-order valence-electron chi connectivity index (χ2n) is 8.36. The molecule has 162 valence electrons. The first-order valence-corrected chi connectivity index (χ1v) is 12.7. The molecule has 1 aromatic carbocycles. The zero-order valence-electron chi connectivity index (χ0n) is 17.8. The molecule has 0 bridgehead atoms. The molecule has 0 radical (unpaired) electrons. The molecular formula is C22H35N3O3S. The van der Waals surface area contributed by atoms with Gasteiger partial charge < -0.3 is 15.0 Å². The quantitative estimate of drug-likeness (QED) is 0.564. The van der Waals surface area contributed by atoms with Crippen molar-refractivity contribution < 1.29 is 13.2 Å². The molecule has 2 aliphatic heterocycles. The van der Waals surface area contributed by atoms with E-state index in [1.807, 2.05) is 0 Å². The first-order chi connectivity index (χ1) is 13.9. The molecule has 3 rings (SSSR count). The molecule has 0 aliphatic carbocycles. The van der Waals surface area contributed by atoms with Gasteiger partial charge in [-0.15, -0.1) is 0 Å². The topological polar surface area (TPSA) is 71.0 Å². The zero-order chi connectivity index (χ0) is 20.7. The Balaban J connectivity index is 1.63. The number of hydrogen-bond acceptors (Lipinski definition) is 4. The molecule has 0 unspecified atom stereocenters. The summed E-state index contributed by atoms with van der Waals surface area (Å²) >= 11 is 0. The summed E-state index contributed by atoms with van der Waals surface area (Å²) in [5.41, 5.74) is 1.40. The van der Waals surface area contributed by atoms with Crippen molar-refractivity contribution in [3.63, 3.8) is 0 Å². The van der Waals surface area contributed by atoms with Crippen LogP contribution in [-0.4, -0.2) is 69.7 Å². The highest BCUT2D eigenvalue weighted by atomic mass is 32.2. The van der Waals surface area contributed by atoms with Gasteiger partial charge in [0.2, 0.25) is 0 Å². The van der Waals surface area contributed by atoms with Gasteiger partial charge in [-0.25, -0.2) is 8.42 Å². The van der Waals surface area contributed by atoms with E-state index in [9.17, 15) is 8.42 Å². The van der Waals surface area contributed by atoms with Gasteiger partial charge in [-0.05, 0) is 50.5 Å². The fourth-order valence-corrected chi connectivity index (χ4v) is 5.54. The molecule has 1 aromatic rings. The van der Waals surface area contributed by atoms with Gasteiger partial charge in [-0.2, -0.15) is 0 Å². The molecule has 0 atom stereocenters. The normalized spacial score (nSPS) is 21.2. The van der Waals surface area contributed by atoms with Gasteiger partial charge >= 0.3 is 0 Å². The standard InChI is InChI=1S/C22H35N3O3S/c1-3-23-21(24-18-22(29(2,26)27)11-15-28-16-12-22)25-13-9-20(10-14-25)17-19-7-5-4-6-8-19/h4-8,20H,3,9-18H2,1-2H3,(H,23,24). The molecule has 29 heavy (non-hydrogen) atoms. The van der Waals surface area contributed by atoms with E-state index in [1.54, 1.807) is 0 Å². The van der Waals surface area contributed by atoms with Crippen LogP contribution in [0.3, 0.4) is 0 Å². The van der Waals surface area contributed by atoms with Crippen LogP contribution in [0.1, 0.15) is 38.2 Å². The number of nitrogens with one attached hydrogen (secondary N) is 1. The summed E-state index contributed by atoms with van der Waals surface area (Å²) in [7, 11) is -3.21. The lowest BCUT2D eigenvalue weighted by atomic mass is 9.90. The Bertz CT molecular complexity index is 766. The maximum absolute atomic E-state index is 12.5. The fourth-order valence-electron chi connectivity index (χ4n) is 4.33. The molecule has 0 amide bonds. The molecule has 1 N–H and O–H groups in total. The van der Waals surface area contributed by atoms with Crippen LogP contribution in [0.5, 0.6) is 0 Å². The SMILES string of the molecule is CCNC(=NCC1(S(C)(=O)=O)CCOCC1)N1CCC(Cc2ccccc2)CC1. The fraction of sp³-hybridized carbons (Fsp3) is 0.682. The Kier molecular flexibility index (Phi) is 7.57. The minimum absolute atomic E-state index is 0.307. The zero-order valence-corrected chi connectivity index (χ0v) is 18.6. The minimum atomic E-state index is -3.21. The van der Waals surface area contributed by atoms with E-state index in [-0.39, 0.29) is 0 Å². The number of ether oxygens (including phenoxy) is 1. The highest BCUT2D eigenvalue weighted by Crippen LogP contribution is 2.30. The molecule has 6 nitrogen and oxygen atoms in total. The second kappa shape index (κ2) is 9.94. The van der Waals surface area contributed by atoms with Crippen LogP contribution in [0.2, 0.25) is 0 Å². The largest absolute Gasteiger partial charge is 0.381 e. The Morgan fingerprint density at radius 2 is 1.86 bits per heavy atom. The van der Waals surface area contributed by atoms with Gasteiger partial charge in [-0.3, -0.25) is 4.99 Å². The highest BCUT2D eigenvalue weighted by molar-refractivity contribution is 7.92. The first-order valence-electron chi connectivity index (χ1n) is 10.8. The maximum atomic E-state index is 12.5. The maximum Gasteiger partial charge on any atom is 0.193 e. The Morgan fingerprint density at radius 1 is 1.21 bits per heavy atom. The summed E-state index contributed by atoms with van der Waals surface area (Å²) in [6.07, 6.45) is 5.77. The summed E-state index contributed by atoms with van der Waals surface area (Å²) < 4.78 is 29.6. The van der Waals surface area contributed by atoms with Crippen molar-refractivity contribution in [1.82, 2.24) is 10.2 Å². The number of hydrogen-bond donors (Lipinski definition) is 1. The predicted octanol–water partition coefficient (Wildman–Crippen LogP) is 2.50. The number of likely N-dealkylation sites (tertiary alicyclic amines) is 1. The molecule has 2 heterocycles. The third kappa shape index (κ3) is 5.72. The monoisotopic (exact) mass is 421 g/mol. The van der Waals surface area contributed by atoms with Gasteiger partial charge in [-0.1, -0.05) is 30.3 Å². The lowest BCUT2D eigenvalue weighted by molar-refractivity contribution is 0.0767. The van der Waals surface area contributed by atoms with Crippen molar-refractivity contribution in [1.29, 1.82) is 0 Å². The summed E-state index contributed by atoms with van der Waals surface area (Å²) in [5, 5.41) is 3.37. The number of piperidine rings is 1. The lowest BCUT2D eigenvalue weighted by Gasteiger charge is -2.36. The van der Waals surface area contributed by atoms with E-state index >= 15 is 0 Å². The van der Waals surface area contributed by atoms with Gasteiger partial charge in [0.05, 0.1) is 11.3 Å². The van der Waals surface area contributed by atoms with Crippen molar-refractivity contribution >= 4 is 15.8 Å². The summed E-state index contributed by atoms with van der Waals surface area (Å²) in [4.78, 5) is 7.10. The van der Waals surface area contributed by atoms with Crippen molar-refractivity contribution in [2.24, 2.45) is 10.9 Å². The van der Waals surface area contributed by atoms with Crippen molar-refractivity contribution in [3.05, 3.63) is 35.9 Å². The summed E-state index contributed by atoms with van der Waals surface area (Å²) in [6, 6.07) is 10.7. The van der Waals surface area contributed by atoms with Gasteiger partial charge in [0, 0.05) is 39.1 Å². The van der Waals surface area contributed by atoms with E-state index in [4.69, 9.17) is 9.73 Å². The predicted molar refractivity (Wildman–Crippen MR) is 118 cm³/mol. The van der Waals surface area contributed by atoms with Crippen molar-refractivity contribution in [2.75, 3.05) is 45.6 Å². The summed E-state index contributed by atoms with van der Waals surface area (Å²) in [6.45, 7) is 6.03. The van der Waals surface area contributed by atoms with E-state index in [0.29, 0.717) is 38.5 Å². The number of guanidine groups is 1. The minimum Gasteiger partial charge on any atom is -0.381 e. The number of sulfone groups is 1. The Labute approximate surface area is 175 Å². The molecule has 2 saturated heterocycles. The average molecular weight is 422 g/mol. The molecule has 7 heteroatoms. The van der Waals surface area contributed by atoms with E-state index in [2.05, 4.69) is 47.5 Å². The lowest BCUT2D eigenvalue weighted by Crippen LogP contribution is -2.49. The molecule has 0 saturated carbocycles. The molecule has 2 fully saturated rings. The number of aliphatic imine (C=N–C) groups is 1. The van der Waals surface area contributed by atoms with Crippen LogP contribution in [0.4, 0.5) is 0 Å². The van der Waals surface area contributed by atoms with Crippen LogP contribution < -0.4 is 5.32 Å². The average Bonchev–Trinajstić information content (AvgIpc) is 2.72. The smallest absolute Gasteiger partial charge is 0.193 e. The van der Waals surface area contributed by atoms with E-state index in [1.165, 1.54) is 11.8 Å². The number of rotatable bonds is 6. The highest BCUT2D eigenvalue weighted by Gasteiger charge is 2.42. The molecule has 0 spiro atoms. The third-order valence-corrected chi connectivity index (χ3v) is 8.43. The van der Waals surface area contributed by atoms with Crippen LogP contribution in [0.25, 0.3) is 0 Å². The van der Waals surface area contributed by atoms with Gasteiger partial charge in [0.25, 0.3) is 0 Å². The summed E-state index contributed by atoms with van der Waals surface area (Å²) in [5.74, 6) is 1.54.